The fourth-order valence-electron chi connectivity index (χ4n) is 2.35. The van der Waals surface area contributed by atoms with Crippen molar-refractivity contribution in [1.82, 2.24) is 9.97 Å². The van der Waals surface area contributed by atoms with Crippen LogP contribution in [0.5, 0.6) is 0 Å². The molecule has 2 aromatic rings. The van der Waals surface area contributed by atoms with Gasteiger partial charge in [-0.3, -0.25) is 0 Å². The highest BCUT2D eigenvalue weighted by Gasteiger charge is 2.08. The first-order chi connectivity index (χ1) is 10.6. The lowest BCUT2D eigenvalue weighted by molar-refractivity contribution is 0.750. The van der Waals surface area contributed by atoms with Crippen molar-refractivity contribution >= 4 is 17.5 Å². The van der Waals surface area contributed by atoms with Crippen LogP contribution in [0.3, 0.4) is 0 Å². The Morgan fingerprint density at radius 3 is 2.68 bits per heavy atom. The number of hydrogen-bond donors (Lipinski definition) is 1. The molecule has 22 heavy (non-hydrogen) atoms. The molecule has 4 nitrogen and oxygen atoms in total. The Labute approximate surface area is 133 Å². The molecule has 118 valence electrons. The smallest absolute Gasteiger partial charge is 0.227 e. The second-order valence-corrected chi connectivity index (χ2v) is 5.88. The summed E-state index contributed by atoms with van der Waals surface area (Å²) in [5, 5.41) is 3.43. The second kappa shape index (κ2) is 7.78. The van der Waals surface area contributed by atoms with Crippen molar-refractivity contribution in [3.8, 4) is 0 Å². The normalized spacial score (nSPS) is 10.8. The van der Waals surface area contributed by atoms with E-state index < -0.39 is 0 Å². The third kappa shape index (κ3) is 4.20. The molecule has 0 fully saturated rings. The number of nitrogens with one attached hydrogen (secondary N) is 1. The number of hydrogen-bond acceptors (Lipinski definition) is 4. The summed E-state index contributed by atoms with van der Waals surface area (Å²) in [5.41, 5.74) is 2.40. The van der Waals surface area contributed by atoms with Crippen LogP contribution in [0.25, 0.3) is 0 Å². The van der Waals surface area contributed by atoms with Crippen LogP contribution in [0.2, 0.25) is 0 Å². The molecule has 0 aliphatic rings. The molecule has 0 amide bonds. The lowest BCUT2D eigenvalue weighted by Crippen LogP contribution is -2.21. The molecule has 0 spiro atoms. The van der Waals surface area contributed by atoms with Gasteiger partial charge in [-0.05, 0) is 30.0 Å². The molecule has 1 N–H and O–H groups in total. The summed E-state index contributed by atoms with van der Waals surface area (Å²) in [7, 11) is 2.04. The summed E-state index contributed by atoms with van der Waals surface area (Å²) >= 11 is 0. The highest BCUT2D eigenvalue weighted by molar-refractivity contribution is 5.61. The average Bonchev–Trinajstić information content (AvgIpc) is 2.53. The number of unbranched alkanes of at least 4 members (excludes halogenated alkanes) is 1. The van der Waals surface area contributed by atoms with E-state index in [2.05, 4.69) is 59.2 Å². The van der Waals surface area contributed by atoms with Gasteiger partial charge in [-0.2, -0.15) is 4.98 Å². The van der Waals surface area contributed by atoms with Crippen molar-refractivity contribution in [2.24, 2.45) is 0 Å². The van der Waals surface area contributed by atoms with Crippen molar-refractivity contribution in [2.75, 3.05) is 23.8 Å². The van der Waals surface area contributed by atoms with Gasteiger partial charge in [0.05, 0.1) is 0 Å². The van der Waals surface area contributed by atoms with Gasteiger partial charge < -0.3 is 10.2 Å². The minimum atomic E-state index is 0.470. The standard InChI is InChI=1S/C18H26N4/c1-5-6-13-22(4)18-19-12-11-17(21-18)20-16-10-8-7-9-15(16)14(2)3/h7-12,14H,5-6,13H2,1-4H3,(H,19,20,21). The first kappa shape index (κ1) is 16.3. The fourth-order valence-corrected chi connectivity index (χ4v) is 2.35. The minimum Gasteiger partial charge on any atom is -0.344 e. The van der Waals surface area contributed by atoms with E-state index in [1.807, 2.05) is 25.4 Å². The number of anilines is 3. The summed E-state index contributed by atoms with van der Waals surface area (Å²) in [6.45, 7) is 7.56. The van der Waals surface area contributed by atoms with Crippen LogP contribution in [0, 0.1) is 0 Å². The molecule has 2 rings (SSSR count). The van der Waals surface area contributed by atoms with E-state index in [-0.39, 0.29) is 0 Å². The topological polar surface area (TPSA) is 41.1 Å². The van der Waals surface area contributed by atoms with Crippen molar-refractivity contribution < 1.29 is 0 Å². The highest BCUT2D eigenvalue weighted by Crippen LogP contribution is 2.26. The van der Waals surface area contributed by atoms with Crippen molar-refractivity contribution in [3.63, 3.8) is 0 Å². The monoisotopic (exact) mass is 298 g/mol. The van der Waals surface area contributed by atoms with Crippen LogP contribution in [-0.2, 0) is 0 Å². The Bertz CT molecular complexity index is 595. The maximum atomic E-state index is 4.63. The summed E-state index contributed by atoms with van der Waals surface area (Å²) < 4.78 is 0. The van der Waals surface area contributed by atoms with Crippen molar-refractivity contribution in [1.29, 1.82) is 0 Å². The van der Waals surface area contributed by atoms with E-state index in [0.717, 1.165) is 30.4 Å². The predicted molar refractivity (Wildman–Crippen MR) is 94.0 cm³/mol. The molecule has 4 heteroatoms. The molecule has 0 saturated carbocycles. The highest BCUT2D eigenvalue weighted by atomic mass is 15.2. The molecule has 0 saturated heterocycles. The van der Waals surface area contributed by atoms with Gasteiger partial charge in [0, 0.05) is 25.5 Å². The van der Waals surface area contributed by atoms with Crippen molar-refractivity contribution in [3.05, 3.63) is 42.1 Å². The minimum absolute atomic E-state index is 0.470. The van der Waals surface area contributed by atoms with E-state index in [4.69, 9.17) is 0 Å². The zero-order valence-electron chi connectivity index (χ0n) is 14.0. The van der Waals surface area contributed by atoms with Gasteiger partial charge in [0.15, 0.2) is 0 Å². The Morgan fingerprint density at radius 1 is 1.18 bits per heavy atom. The van der Waals surface area contributed by atoms with E-state index in [9.17, 15) is 0 Å². The third-order valence-corrected chi connectivity index (χ3v) is 3.68. The molecule has 1 heterocycles. The van der Waals surface area contributed by atoms with Crippen LogP contribution in [0.4, 0.5) is 17.5 Å². The molecule has 0 bridgehead atoms. The summed E-state index contributed by atoms with van der Waals surface area (Å²) in [6.07, 6.45) is 4.13. The quantitative estimate of drug-likeness (QED) is 0.812. The Kier molecular flexibility index (Phi) is 5.75. The predicted octanol–water partition coefficient (Wildman–Crippen LogP) is 4.58. The van der Waals surface area contributed by atoms with Gasteiger partial charge in [0.2, 0.25) is 5.95 Å². The molecule has 0 aliphatic carbocycles. The van der Waals surface area contributed by atoms with Crippen LogP contribution < -0.4 is 10.2 Å². The zero-order chi connectivity index (χ0) is 15.9. The second-order valence-electron chi connectivity index (χ2n) is 5.88. The summed E-state index contributed by atoms with van der Waals surface area (Å²) in [6, 6.07) is 10.3. The molecular weight excluding hydrogens is 272 g/mol. The Hall–Kier alpha value is -2.10. The molecular formula is C18H26N4. The SMILES string of the molecule is CCCCN(C)c1nccc(Nc2ccccc2C(C)C)n1. The van der Waals surface area contributed by atoms with E-state index in [1.165, 1.54) is 12.0 Å². The summed E-state index contributed by atoms with van der Waals surface area (Å²) in [5.74, 6) is 2.07. The van der Waals surface area contributed by atoms with Gasteiger partial charge in [0.1, 0.15) is 5.82 Å². The molecule has 0 unspecified atom stereocenters. The maximum absolute atomic E-state index is 4.63. The van der Waals surface area contributed by atoms with Gasteiger partial charge in [-0.1, -0.05) is 45.4 Å². The number of rotatable bonds is 7. The van der Waals surface area contributed by atoms with E-state index in [0.29, 0.717) is 5.92 Å². The zero-order valence-corrected chi connectivity index (χ0v) is 14.0. The Morgan fingerprint density at radius 2 is 1.95 bits per heavy atom. The fraction of sp³-hybridized carbons (Fsp3) is 0.444. The van der Waals surface area contributed by atoms with Crippen molar-refractivity contribution in [2.45, 2.75) is 39.5 Å². The van der Waals surface area contributed by atoms with Crippen LogP contribution >= 0.6 is 0 Å². The maximum Gasteiger partial charge on any atom is 0.227 e. The number of para-hydroxylation sites is 1. The Balaban J connectivity index is 2.17. The van der Waals surface area contributed by atoms with Crippen LogP contribution in [0.15, 0.2) is 36.5 Å². The number of aromatic nitrogens is 2. The number of benzene rings is 1. The van der Waals surface area contributed by atoms with Gasteiger partial charge in [-0.25, -0.2) is 4.98 Å². The van der Waals surface area contributed by atoms with E-state index in [1.54, 1.807) is 0 Å². The molecule has 0 aliphatic heterocycles. The van der Waals surface area contributed by atoms with Crippen LogP contribution in [0.1, 0.15) is 45.1 Å². The largest absolute Gasteiger partial charge is 0.344 e. The third-order valence-electron chi connectivity index (χ3n) is 3.68. The van der Waals surface area contributed by atoms with Gasteiger partial charge in [0.25, 0.3) is 0 Å². The summed E-state index contributed by atoms with van der Waals surface area (Å²) in [4.78, 5) is 11.1. The molecule has 1 aromatic carbocycles. The number of nitrogens with zero attached hydrogens (tertiary/aromatic N) is 3. The van der Waals surface area contributed by atoms with Crippen LogP contribution in [-0.4, -0.2) is 23.6 Å². The van der Waals surface area contributed by atoms with Gasteiger partial charge >= 0.3 is 0 Å². The first-order valence-electron chi connectivity index (χ1n) is 8.02. The van der Waals surface area contributed by atoms with E-state index >= 15 is 0 Å². The lowest BCUT2D eigenvalue weighted by Gasteiger charge is -2.18. The molecule has 0 atom stereocenters. The molecule has 0 radical (unpaired) electrons. The van der Waals surface area contributed by atoms with Gasteiger partial charge in [-0.15, -0.1) is 0 Å². The first-order valence-corrected chi connectivity index (χ1v) is 8.02. The lowest BCUT2D eigenvalue weighted by atomic mass is 10.0. The molecule has 1 aromatic heterocycles. The average molecular weight is 298 g/mol.